The van der Waals surface area contributed by atoms with E-state index in [4.69, 9.17) is 10.3 Å². The number of hydrogen-bond acceptors (Lipinski definition) is 5. The minimum atomic E-state index is -0.690. The monoisotopic (exact) mass is 292 g/mol. The molecule has 0 aromatic carbocycles. The first-order chi connectivity index (χ1) is 9.96. The molecule has 0 radical (unpaired) electrons. The van der Waals surface area contributed by atoms with Gasteiger partial charge in [0, 0.05) is 26.4 Å². The summed E-state index contributed by atoms with van der Waals surface area (Å²) in [5.41, 5.74) is 5.58. The summed E-state index contributed by atoms with van der Waals surface area (Å²) in [6, 6.07) is 0. The van der Waals surface area contributed by atoms with E-state index < -0.39 is 5.54 Å². The van der Waals surface area contributed by atoms with E-state index in [0.29, 0.717) is 17.7 Å². The second-order valence-electron chi connectivity index (χ2n) is 6.75. The van der Waals surface area contributed by atoms with Crippen LogP contribution in [0.15, 0.2) is 4.52 Å². The first kappa shape index (κ1) is 14.5. The number of rotatable bonds is 4. The van der Waals surface area contributed by atoms with Crippen molar-refractivity contribution in [2.75, 3.05) is 13.1 Å². The third-order valence-corrected chi connectivity index (χ3v) is 4.73. The standard InChI is InChI=1S/C15H24N4O2/c1-10-17-13(18-21-10)8-11-4-3-7-19(9-11)14(20)15(2,16)12-5-6-12/h11-12H,3-9,16H2,1-2H3/t11-,15+/m0/s1. The lowest BCUT2D eigenvalue weighted by Gasteiger charge is -2.37. The van der Waals surface area contributed by atoms with Crippen LogP contribution in [0.3, 0.4) is 0 Å². The number of nitrogens with two attached hydrogens (primary N) is 1. The van der Waals surface area contributed by atoms with Crippen molar-refractivity contribution in [2.45, 2.75) is 51.5 Å². The summed E-state index contributed by atoms with van der Waals surface area (Å²) in [4.78, 5) is 18.9. The second kappa shape index (κ2) is 5.40. The average molecular weight is 292 g/mol. The van der Waals surface area contributed by atoms with Gasteiger partial charge >= 0.3 is 0 Å². The first-order valence-electron chi connectivity index (χ1n) is 7.84. The van der Waals surface area contributed by atoms with Crippen LogP contribution in [-0.2, 0) is 11.2 Å². The maximum Gasteiger partial charge on any atom is 0.242 e. The summed E-state index contributed by atoms with van der Waals surface area (Å²) >= 11 is 0. The van der Waals surface area contributed by atoms with Gasteiger partial charge in [-0.2, -0.15) is 4.98 Å². The Morgan fingerprint density at radius 3 is 2.86 bits per heavy atom. The molecule has 21 heavy (non-hydrogen) atoms. The minimum absolute atomic E-state index is 0.110. The first-order valence-corrected chi connectivity index (χ1v) is 7.84. The molecule has 6 heteroatoms. The van der Waals surface area contributed by atoms with Crippen LogP contribution in [0, 0.1) is 18.8 Å². The second-order valence-corrected chi connectivity index (χ2v) is 6.75. The molecule has 0 bridgehead atoms. The molecule has 6 nitrogen and oxygen atoms in total. The van der Waals surface area contributed by atoms with E-state index in [-0.39, 0.29) is 5.91 Å². The maximum absolute atomic E-state index is 12.7. The molecule has 116 valence electrons. The van der Waals surface area contributed by atoms with Crippen molar-refractivity contribution >= 4 is 5.91 Å². The summed E-state index contributed by atoms with van der Waals surface area (Å²) in [5.74, 6) is 2.21. The van der Waals surface area contributed by atoms with Crippen molar-refractivity contribution in [1.82, 2.24) is 15.0 Å². The molecule has 1 aliphatic heterocycles. The Hall–Kier alpha value is -1.43. The number of aryl methyl sites for hydroxylation is 1. The Morgan fingerprint density at radius 2 is 2.24 bits per heavy atom. The van der Waals surface area contributed by atoms with Gasteiger partial charge in [0.05, 0.1) is 5.54 Å². The third kappa shape index (κ3) is 3.10. The molecule has 3 rings (SSSR count). The number of hydrogen-bond donors (Lipinski definition) is 1. The summed E-state index contributed by atoms with van der Waals surface area (Å²) in [6.07, 6.45) is 5.05. The number of carbonyl (C=O) groups excluding carboxylic acids is 1. The van der Waals surface area contributed by atoms with Gasteiger partial charge in [0.1, 0.15) is 0 Å². The van der Waals surface area contributed by atoms with E-state index in [1.165, 1.54) is 0 Å². The number of piperidine rings is 1. The van der Waals surface area contributed by atoms with Crippen LogP contribution in [0.5, 0.6) is 0 Å². The lowest BCUT2D eigenvalue weighted by molar-refractivity contribution is -0.139. The summed E-state index contributed by atoms with van der Waals surface area (Å²) in [6.45, 7) is 5.26. The smallest absolute Gasteiger partial charge is 0.242 e. The van der Waals surface area contributed by atoms with Gasteiger partial charge in [-0.25, -0.2) is 0 Å². The SMILES string of the molecule is Cc1nc(C[C@@H]2CCCN(C(=O)[C@](C)(N)C3CC3)C2)no1. The van der Waals surface area contributed by atoms with Gasteiger partial charge in [0.25, 0.3) is 0 Å². The Labute approximate surface area is 125 Å². The highest BCUT2D eigenvalue weighted by atomic mass is 16.5. The van der Waals surface area contributed by atoms with Gasteiger partial charge in [-0.15, -0.1) is 0 Å². The predicted octanol–water partition coefficient (Wildman–Crippen LogP) is 1.29. The van der Waals surface area contributed by atoms with E-state index in [1.54, 1.807) is 6.92 Å². The number of amides is 1. The highest BCUT2D eigenvalue weighted by molar-refractivity contribution is 5.86. The normalized spacial score (nSPS) is 25.7. The molecular formula is C15H24N4O2. The van der Waals surface area contributed by atoms with Crippen molar-refractivity contribution < 1.29 is 9.32 Å². The Morgan fingerprint density at radius 1 is 1.48 bits per heavy atom. The Bertz CT molecular complexity index is 521. The van der Waals surface area contributed by atoms with Crippen molar-refractivity contribution in [1.29, 1.82) is 0 Å². The lowest BCUT2D eigenvalue weighted by atomic mass is 9.90. The maximum atomic E-state index is 12.7. The molecule has 0 spiro atoms. The van der Waals surface area contributed by atoms with Gasteiger partial charge in [-0.05, 0) is 44.4 Å². The summed E-state index contributed by atoms with van der Waals surface area (Å²) < 4.78 is 5.01. The largest absolute Gasteiger partial charge is 0.341 e. The molecule has 1 saturated heterocycles. The highest BCUT2D eigenvalue weighted by Gasteiger charge is 2.46. The molecular weight excluding hydrogens is 268 g/mol. The van der Waals surface area contributed by atoms with Gasteiger partial charge in [-0.3, -0.25) is 4.79 Å². The van der Waals surface area contributed by atoms with Gasteiger partial charge in [0.15, 0.2) is 5.82 Å². The molecule has 1 aromatic heterocycles. The minimum Gasteiger partial charge on any atom is -0.341 e. The molecule has 2 atom stereocenters. The van der Waals surface area contributed by atoms with Crippen molar-refractivity contribution in [3.8, 4) is 0 Å². The molecule has 2 aliphatic rings. The average Bonchev–Trinajstić information content (AvgIpc) is 3.24. The van der Waals surface area contributed by atoms with Crippen LogP contribution in [-0.4, -0.2) is 39.6 Å². The quantitative estimate of drug-likeness (QED) is 0.903. The third-order valence-electron chi connectivity index (χ3n) is 4.73. The topological polar surface area (TPSA) is 85.2 Å². The van der Waals surface area contributed by atoms with Crippen LogP contribution in [0.25, 0.3) is 0 Å². The van der Waals surface area contributed by atoms with Crippen molar-refractivity contribution in [3.05, 3.63) is 11.7 Å². The van der Waals surface area contributed by atoms with E-state index >= 15 is 0 Å². The van der Waals surface area contributed by atoms with Crippen LogP contribution in [0.4, 0.5) is 0 Å². The molecule has 1 aromatic rings. The summed E-state index contributed by atoms with van der Waals surface area (Å²) in [5, 5.41) is 3.95. The fraction of sp³-hybridized carbons (Fsp3) is 0.800. The molecule has 2 fully saturated rings. The fourth-order valence-corrected chi connectivity index (χ4v) is 3.30. The van der Waals surface area contributed by atoms with E-state index in [2.05, 4.69) is 10.1 Å². The molecule has 2 N–H and O–H groups in total. The molecule has 2 heterocycles. The van der Waals surface area contributed by atoms with E-state index in [0.717, 1.165) is 51.0 Å². The van der Waals surface area contributed by atoms with Crippen LogP contribution < -0.4 is 5.73 Å². The van der Waals surface area contributed by atoms with Crippen LogP contribution in [0.1, 0.15) is 44.3 Å². The summed E-state index contributed by atoms with van der Waals surface area (Å²) in [7, 11) is 0. The Balaban J connectivity index is 1.61. The molecule has 1 saturated carbocycles. The molecule has 0 unspecified atom stereocenters. The number of carbonyl (C=O) groups is 1. The zero-order valence-corrected chi connectivity index (χ0v) is 12.8. The number of likely N-dealkylation sites (tertiary alicyclic amines) is 1. The zero-order valence-electron chi connectivity index (χ0n) is 12.8. The van der Waals surface area contributed by atoms with E-state index in [9.17, 15) is 4.79 Å². The lowest BCUT2D eigenvalue weighted by Crippen LogP contribution is -2.57. The highest BCUT2D eigenvalue weighted by Crippen LogP contribution is 2.39. The van der Waals surface area contributed by atoms with Gasteiger partial charge in [0.2, 0.25) is 11.8 Å². The number of nitrogens with zero attached hydrogens (tertiary/aromatic N) is 3. The molecule has 1 amide bonds. The number of aromatic nitrogens is 2. The Kier molecular flexibility index (Phi) is 3.73. The van der Waals surface area contributed by atoms with Gasteiger partial charge in [-0.1, -0.05) is 5.16 Å². The van der Waals surface area contributed by atoms with E-state index in [1.807, 2.05) is 11.8 Å². The zero-order chi connectivity index (χ0) is 15.0. The predicted molar refractivity (Wildman–Crippen MR) is 77.4 cm³/mol. The van der Waals surface area contributed by atoms with Crippen LogP contribution in [0.2, 0.25) is 0 Å². The van der Waals surface area contributed by atoms with Crippen molar-refractivity contribution in [2.24, 2.45) is 17.6 Å². The van der Waals surface area contributed by atoms with Gasteiger partial charge < -0.3 is 15.2 Å². The fourth-order valence-electron chi connectivity index (χ4n) is 3.30. The van der Waals surface area contributed by atoms with Crippen LogP contribution >= 0.6 is 0 Å². The molecule has 1 aliphatic carbocycles. The van der Waals surface area contributed by atoms with Crippen molar-refractivity contribution in [3.63, 3.8) is 0 Å².